The summed E-state index contributed by atoms with van der Waals surface area (Å²) in [4.78, 5) is 21.8. The predicted octanol–water partition coefficient (Wildman–Crippen LogP) is 2.92. The van der Waals surface area contributed by atoms with E-state index in [2.05, 4.69) is 20.6 Å². The maximum absolute atomic E-state index is 13.0. The van der Waals surface area contributed by atoms with Crippen LogP contribution in [0.15, 0.2) is 36.7 Å². The van der Waals surface area contributed by atoms with Gasteiger partial charge in [0.15, 0.2) is 0 Å². The SMILES string of the molecule is CN(C)CCCNC(=O)c1cnc(Nc2ccccc2C(F)(F)F)nc1. The molecule has 2 aromatic rings. The van der Waals surface area contributed by atoms with E-state index in [-0.39, 0.29) is 23.1 Å². The number of rotatable bonds is 7. The van der Waals surface area contributed by atoms with E-state index in [1.807, 2.05) is 19.0 Å². The van der Waals surface area contributed by atoms with Crippen LogP contribution < -0.4 is 10.6 Å². The first-order valence-corrected chi connectivity index (χ1v) is 7.95. The van der Waals surface area contributed by atoms with Gasteiger partial charge in [-0.05, 0) is 39.2 Å². The summed E-state index contributed by atoms with van der Waals surface area (Å²) in [5.41, 5.74) is -0.725. The highest BCUT2D eigenvalue weighted by Gasteiger charge is 2.33. The lowest BCUT2D eigenvalue weighted by Crippen LogP contribution is -2.27. The average Bonchev–Trinajstić information content (AvgIpc) is 2.58. The fourth-order valence-corrected chi connectivity index (χ4v) is 2.17. The van der Waals surface area contributed by atoms with Crippen LogP contribution in [0, 0.1) is 0 Å². The number of hydrogen-bond acceptors (Lipinski definition) is 5. The molecule has 0 unspecified atom stereocenters. The summed E-state index contributed by atoms with van der Waals surface area (Å²) in [5, 5.41) is 5.27. The van der Waals surface area contributed by atoms with E-state index in [1.165, 1.54) is 30.6 Å². The molecule has 1 amide bonds. The molecular formula is C17H20F3N5O. The number of nitrogens with zero attached hydrogens (tertiary/aromatic N) is 3. The molecule has 0 fully saturated rings. The normalized spacial score (nSPS) is 11.5. The van der Waals surface area contributed by atoms with Gasteiger partial charge in [0, 0.05) is 18.9 Å². The molecule has 0 aliphatic heterocycles. The van der Waals surface area contributed by atoms with Crippen LogP contribution in [0.2, 0.25) is 0 Å². The van der Waals surface area contributed by atoms with Crippen LogP contribution in [0.3, 0.4) is 0 Å². The van der Waals surface area contributed by atoms with Gasteiger partial charge in [0.25, 0.3) is 5.91 Å². The van der Waals surface area contributed by atoms with Crippen LogP contribution in [0.25, 0.3) is 0 Å². The van der Waals surface area contributed by atoms with E-state index in [9.17, 15) is 18.0 Å². The van der Waals surface area contributed by atoms with Crippen molar-refractivity contribution in [3.8, 4) is 0 Å². The van der Waals surface area contributed by atoms with Gasteiger partial charge in [-0.15, -0.1) is 0 Å². The van der Waals surface area contributed by atoms with Gasteiger partial charge < -0.3 is 15.5 Å². The molecule has 0 saturated carbocycles. The van der Waals surface area contributed by atoms with Gasteiger partial charge >= 0.3 is 6.18 Å². The topological polar surface area (TPSA) is 70.2 Å². The fourth-order valence-electron chi connectivity index (χ4n) is 2.17. The molecule has 2 rings (SSSR count). The third-order valence-electron chi connectivity index (χ3n) is 3.46. The van der Waals surface area contributed by atoms with Crippen molar-refractivity contribution in [1.29, 1.82) is 0 Å². The lowest BCUT2D eigenvalue weighted by Gasteiger charge is -2.13. The summed E-state index contributed by atoms with van der Waals surface area (Å²) in [7, 11) is 3.89. The van der Waals surface area contributed by atoms with Crippen LogP contribution >= 0.6 is 0 Å². The Kier molecular flexibility index (Phi) is 6.51. The van der Waals surface area contributed by atoms with Gasteiger partial charge in [0.2, 0.25) is 5.95 Å². The molecule has 0 aliphatic carbocycles. The molecule has 0 bridgehead atoms. The molecule has 0 radical (unpaired) electrons. The number of benzene rings is 1. The molecule has 6 nitrogen and oxygen atoms in total. The van der Waals surface area contributed by atoms with E-state index < -0.39 is 11.7 Å². The molecule has 9 heteroatoms. The van der Waals surface area contributed by atoms with Crippen molar-refractivity contribution < 1.29 is 18.0 Å². The van der Waals surface area contributed by atoms with Crippen molar-refractivity contribution in [3.63, 3.8) is 0 Å². The number of carbonyl (C=O) groups is 1. The largest absolute Gasteiger partial charge is 0.418 e. The molecule has 1 aromatic heterocycles. The highest BCUT2D eigenvalue weighted by atomic mass is 19.4. The van der Waals surface area contributed by atoms with Crippen molar-refractivity contribution in [1.82, 2.24) is 20.2 Å². The zero-order chi connectivity index (χ0) is 19.2. The number of amides is 1. The second kappa shape index (κ2) is 8.61. The Morgan fingerprint density at radius 3 is 2.42 bits per heavy atom. The molecule has 0 saturated heterocycles. The number of halogens is 3. The second-order valence-corrected chi connectivity index (χ2v) is 5.88. The fraction of sp³-hybridized carbons (Fsp3) is 0.353. The van der Waals surface area contributed by atoms with Gasteiger partial charge in [-0.2, -0.15) is 13.2 Å². The molecule has 2 N–H and O–H groups in total. The smallest absolute Gasteiger partial charge is 0.352 e. The van der Waals surface area contributed by atoms with E-state index in [1.54, 1.807) is 0 Å². The Morgan fingerprint density at radius 2 is 1.81 bits per heavy atom. The molecule has 26 heavy (non-hydrogen) atoms. The third-order valence-corrected chi connectivity index (χ3v) is 3.46. The quantitative estimate of drug-likeness (QED) is 0.737. The first-order chi connectivity index (χ1) is 12.3. The molecule has 1 heterocycles. The maximum Gasteiger partial charge on any atom is 0.418 e. The van der Waals surface area contributed by atoms with E-state index in [4.69, 9.17) is 0 Å². The summed E-state index contributed by atoms with van der Waals surface area (Å²) in [6, 6.07) is 5.04. The molecule has 140 valence electrons. The van der Waals surface area contributed by atoms with Crippen LogP contribution in [-0.4, -0.2) is 48.0 Å². The number of alkyl halides is 3. The monoisotopic (exact) mass is 367 g/mol. The Balaban J connectivity index is 1.99. The summed E-state index contributed by atoms with van der Waals surface area (Å²) >= 11 is 0. The number of para-hydroxylation sites is 1. The van der Waals surface area contributed by atoms with Crippen molar-refractivity contribution in [3.05, 3.63) is 47.8 Å². The van der Waals surface area contributed by atoms with Gasteiger partial charge in [-0.25, -0.2) is 9.97 Å². The standard InChI is InChI=1S/C17H20F3N5O/c1-25(2)9-5-8-21-15(26)12-10-22-16(23-11-12)24-14-7-4-3-6-13(14)17(18,19)20/h3-4,6-7,10-11H,5,8-9H2,1-2H3,(H,21,26)(H,22,23,24). The lowest BCUT2D eigenvalue weighted by atomic mass is 10.1. The zero-order valence-corrected chi connectivity index (χ0v) is 14.5. The molecular weight excluding hydrogens is 347 g/mol. The van der Waals surface area contributed by atoms with Crippen LogP contribution in [0.5, 0.6) is 0 Å². The predicted molar refractivity (Wildman–Crippen MR) is 92.3 cm³/mol. The van der Waals surface area contributed by atoms with Gasteiger partial charge in [0.05, 0.1) is 16.8 Å². The minimum absolute atomic E-state index is 0.0224. The van der Waals surface area contributed by atoms with E-state index in [0.29, 0.717) is 6.54 Å². The van der Waals surface area contributed by atoms with Crippen LogP contribution in [0.1, 0.15) is 22.3 Å². The minimum atomic E-state index is -4.49. The summed E-state index contributed by atoms with van der Waals surface area (Å²) in [6.45, 7) is 1.36. The molecule has 1 aromatic carbocycles. The number of carbonyl (C=O) groups excluding carboxylic acids is 1. The molecule has 0 atom stereocenters. The average molecular weight is 367 g/mol. The van der Waals surface area contributed by atoms with Crippen LogP contribution in [-0.2, 0) is 6.18 Å². The Labute approximate surface area is 149 Å². The highest BCUT2D eigenvalue weighted by Crippen LogP contribution is 2.35. The Morgan fingerprint density at radius 1 is 1.15 bits per heavy atom. The molecule has 0 aliphatic rings. The number of nitrogens with one attached hydrogen (secondary N) is 2. The summed E-state index contributed by atoms with van der Waals surface area (Å²) in [6.07, 6.45) is -1.15. The second-order valence-electron chi connectivity index (χ2n) is 5.88. The Bertz CT molecular complexity index is 732. The van der Waals surface area contributed by atoms with Gasteiger partial charge in [-0.1, -0.05) is 12.1 Å². The van der Waals surface area contributed by atoms with E-state index in [0.717, 1.165) is 19.0 Å². The number of hydrogen-bond donors (Lipinski definition) is 2. The summed E-state index contributed by atoms with van der Waals surface area (Å²) < 4.78 is 38.9. The van der Waals surface area contributed by atoms with E-state index >= 15 is 0 Å². The summed E-state index contributed by atoms with van der Waals surface area (Å²) in [5.74, 6) is -0.350. The van der Waals surface area contributed by atoms with Gasteiger partial charge in [-0.3, -0.25) is 4.79 Å². The maximum atomic E-state index is 13.0. The Hall–Kier alpha value is -2.68. The van der Waals surface area contributed by atoms with Crippen molar-refractivity contribution in [2.45, 2.75) is 12.6 Å². The molecule has 0 spiro atoms. The van der Waals surface area contributed by atoms with Gasteiger partial charge in [0.1, 0.15) is 0 Å². The highest BCUT2D eigenvalue weighted by molar-refractivity contribution is 5.93. The lowest BCUT2D eigenvalue weighted by molar-refractivity contribution is -0.136. The van der Waals surface area contributed by atoms with Crippen LogP contribution in [0.4, 0.5) is 24.8 Å². The van der Waals surface area contributed by atoms with Crippen molar-refractivity contribution in [2.24, 2.45) is 0 Å². The van der Waals surface area contributed by atoms with Crippen molar-refractivity contribution >= 4 is 17.5 Å². The number of anilines is 2. The first kappa shape index (κ1) is 19.6. The zero-order valence-electron chi connectivity index (χ0n) is 14.5. The van der Waals surface area contributed by atoms with Crippen molar-refractivity contribution in [2.75, 3.05) is 32.5 Å². The number of aromatic nitrogens is 2. The first-order valence-electron chi connectivity index (χ1n) is 7.95. The minimum Gasteiger partial charge on any atom is -0.352 e. The third kappa shape index (κ3) is 5.69.